The molecule has 0 atom stereocenters. The van der Waals surface area contributed by atoms with Crippen molar-refractivity contribution in [2.75, 3.05) is 0 Å². The fourth-order valence-electron chi connectivity index (χ4n) is 8.24. The molecule has 0 aliphatic heterocycles. The van der Waals surface area contributed by atoms with Gasteiger partial charge in [-0.05, 0) is 73.1 Å². The third-order valence-corrected chi connectivity index (χ3v) is 10.5. The molecule has 0 spiro atoms. The topological polar surface area (TPSA) is 25.8 Å². The van der Waals surface area contributed by atoms with Gasteiger partial charge in [0.05, 0.1) is 16.8 Å². The van der Waals surface area contributed by atoms with Crippen LogP contribution < -0.4 is 0 Å². The van der Waals surface area contributed by atoms with Crippen molar-refractivity contribution >= 4 is 21.5 Å². The van der Waals surface area contributed by atoms with E-state index in [1.54, 1.807) is 0 Å². The molecule has 1 aromatic heterocycles. The van der Waals surface area contributed by atoms with Crippen LogP contribution in [0.3, 0.4) is 0 Å². The first kappa shape index (κ1) is 29.3. The Morgan fingerprint density at radius 3 is 1.67 bits per heavy atom. The van der Waals surface area contributed by atoms with Gasteiger partial charge in [-0.15, -0.1) is 0 Å². The van der Waals surface area contributed by atoms with Crippen LogP contribution in [0.25, 0.3) is 66.6 Å². The van der Waals surface area contributed by atoms with Crippen molar-refractivity contribution in [2.24, 2.45) is 0 Å². The monoisotopic (exact) mass is 648 g/mol. The molecule has 51 heavy (non-hydrogen) atoms. The maximum atomic E-state index is 5.29. The van der Waals surface area contributed by atoms with E-state index in [0.29, 0.717) is 5.82 Å². The molecule has 1 heterocycles. The minimum atomic E-state index is -0.504. The van der Waals surface area contributed by atoms with Gasteiger partial charge in [0.2, 0.25) is 0 Å². The van der Waals surface area contributed by atoms with Crippen LogP contribution >= 0.6 is 0 Å². The van der Waals surface area contributed by atoms with E-state index in [1.807, 2.05) is 6.07 Å². The van der Waals surface area contributed by atoms with Crippen molar-refractivity contribution in [1.29, 1.82) is 0 Å². The number of rotatable bonds is 5. The molecule has 0 bridgehead atoms. The Morgan fingerprint density at radius 1 is 0.353 bits per heavy atom. The highest BCUT2D eigenvalue weighted by Gasteiger charge is 2.47. The molecular weight excluding hydrogens is 617 g/mol. The van der Waals surface area contributed by atoms with Gasteiger partial charge in [-0.2, -0.15) is 0 Å². The van der Waals surface area contributed by atoms with E-state index < -0.39 is 5.41 Å². The summed E-state index contributed by atoms with van der Waals surface area (Å²) in [5, 5.41) is 4.80. The van der Waals surface area contributed by atoms with E-state index in [1.165, 1.54) is 54.9 Å². The minimum absolute atomic E-state index is 0.504. The average Bonchev–Trinajstić information content (AvgIpc) is 3.53. The Bertz CT molecular complexity index is 2690. The summed E-state index contributed by atoms with van der Waals surface area (Å²) in [5.74, 6) is 0.708. The standard InChI is InChI=1S/C49H32N2/c1-4-15-35(16-5-1)45-32-46(37-26-24-33-14-10-11-17-36(33)30-37)51-48(50-45)38-27-25-34-28-29-42-41-22-12-13-23-44(41)49(47(42)43(34)31-38,39-18-6-2-7-19-39)40-20-8-3-9-21-40/h1-32H. The van der Waals surface area contributed by atoms with E-state index in [2.05, 4.69) is 188 Å². The molecule has 2 heteroatoms. The van der Waals surface area contributed by atoms with Gasteiger partial charge in [0, 0.05) is 16.7 Å². The summed E-state index contributed by atoms with van der Waals surface area (Å²) < 4.78 is 0. The molecule has 0 unspecified atom stereocenters. The Morgan fingerprint density at radius 2 is 0.922 bits per heavy atom. The number of aromatic nitrogens is 2. The van der Waals surface area contributed by atoms with Gasteiger partial charge in [-0.25, -0.2) is 9.97 Å². The number of nitrogens with zero attached hydrogens (tertiary/aromatic N) is 2. The van der Waals surface area contributed by atoms with Gasteiger partial charge in [-0.1, -0.05) is 176 Å². The van der Waals surface area contributed by atoms with Gasteiger partial charge in [-0.3, -0.25) is 0 Å². The van der Waals surface area contributed by atoms with Crippen molar-refractivity contribution in [1.82, 2.24) is 9.97 Å². The molecule has 10 rings (SSSR count). The summed E-state index contributed by atoms with van der Waals surface area (Å²) in [6.45, 7) is 0. The molecule has 238 valence electrons. The smallest absolute Gasteiger partial charge is 0.160 e. The van der Waals surface area contributed by atoms with Crippen LogP contribution in [0.5, 0.6) is 0 Å². The molecule has 1 aliphatic carbocycles. The molecule has 8 aromatic carbocycles. The van der Waals surface area contributed by atoms with Crippen molar-refractivity contribution in [2.45, 2.75) is 5.41 Å². The van der Waals surface area contributed by atoms with E-state index in [-0.39, 0.29) is 0 Å². The predicted octanol–water partition coefficient (Wildman–Crippen LogP) is 12.1. The first-order valence-electron chi connectivity index (χ1n) is 17.5. The molecule has 9 aromatic rings. The Balaban J connectivity index is 1.25. The second kappa shape index (κ2) is 11.8. The lowest BCUT2D eigenvalue weighted by Gasteiger charge is -2.34. The van der Waals surface area contributed by atoms with Gasteiger partial charge in [0.25, 0.3) is 0 Å². The third kappa shape index (κ3) is 4.65. The Kier molecular flexibility index (Phi) is 6.75. The van der Waals surface area contributed by atoms with Crippen LogP contribution in [-0.4, -0.2) is 9.97 Å². The fourth-order valence-corrected chi connectivity index (χ4v) is 8.24. The quantitative estimate of drug-likeness (QED) is 0.186. The molecule has 0 saturated heterocycles. The number of fused-ring (bicyclic) bond motifs is 6. The number of hydrogen-bond donors (Lipinski definition) is 0. The second-order valence-corrected chi connectivity index (χ2v) is 13.3. The maximum absolute atomic E-state index is 5.29. The second-order valence-electron chi connectivity index (χ2n) is 13.3. The van der Waals surface area contributed by atoms with Crippen LogP contribution in [0.4, 0.5) is 0 Å². The van der Waals surface area contributed by atoms with E-state index in [4.69, 9.17) is 9.97 Å². The largest absolute Gasteiger partial charge is 0.228 e. The van der Waals surface area contributed by atoms with Gasteiger partial charge in [0.1, 0.15) is 0 Å². The van der Waals surface area contributed by atoms with Gasteiger partial charge >= 0.3 is 0 Å². The summed E-state index contributed by atoms with van der Waals surface area (Å²) >= 11 is 0. The SMILES string of the molecule is c1ccc(-c2cc(-c3ccc4ccccc4c3)nc(-c3ccc4ccc5c(c4c3)C(c3ccccc3)(c3ccccc3)c3ccccc3-5)n2)cc1. The first-order chi connectivity index (χ1) is 25.3. The van der Waals surface area contributed by atoms with Crippen LogP contribution in [-0.2, 0) is 5.41 Å². The maximum Gasteiger partial charge on any atom is 0.160 e. The molecule has 0 fully saturated rings. The summed E-state index contributed by atoms with van der Waals surface area (Å²) in [6, 6.07) is 69.8. The molecule has 1 aliphatic rings. The molecule has 0 N–H and O–H groups in total. The van der Waals surface area contributed by atoms with Crippen LogP contribution in [0.1, 0.15) is 22.3 Å². The van der Waals surface area contributed by atoms with Crippen LogP contribution in [0.2, 0.25) is 0 Å². The third-order valence-electron chi connectivity index (χ3n) is 10.5. The minimum Gasteiger partial charge on any atom is -0.228 e. The Hall–Kier alpha value is -6.64. The lowest BCUT2D eigenvalue weighted by molar-refractivity contribution is 0.775. The zero-order chi connectivity index (χ0) is 33.8. The lowest BCUT2D eigenvalue weighted by atomic mass is 9.66. The van der Waals surface area contributed by atoms with Crippen LogP contribution in [0, 0.1) is 0 Å². The van der Waals surface area contributed by atoms with Crippen molar-refractivity contribution in [3.63, 3.8) is 0 Å². The van der Waals surface area contributed by atoms with Crippen molar-refractivity contribution < 1.29 is 0 Å². The summed E-state index contributed by atoms with van der Waals surface area (Å²) in [6.07, 6.45) is 0. The zero-order valence-electron chi connectivity index (χ0n) is 27.9. The Labute approximate surface area is 297 Å². The van der Waals surface area contributed by atoms with Gasteiger partial charge in [0.15, 0.2) is 5.82 Å². The summed E-state index contributed by atoms with van der Waals surface area (Å²) in [5.41, 5.74) is 12.1. The predicted molar refractivity (Wildman–Crippen MR) is 211 cm³/mol. The number of benzene rings is 8. The highest BCUT2D eigenvalue weighted by molar-refractivity contribution is 6.01. The molecule has 2 nitrogen and oxygen atoms in total. The zero-order valence-corrected chi connectivity index (χ0v) is 27.9. The molecular formula is C49H32N2. The molecule has 0 amide bonds. The molecule has 0 radical (unpaired) electrons. The van der Waals surface area contributed by atoms with Crippen LogP contribution in [0.15, 0.2) is 194 Å². The fraction of sp³-hybridized carbons (Fsp3) is 0.0204. The summed E-state index contributed by atoms with van der Waals surface area (Å²) in [4.78, 5) is 10.5. The van der Waals surface area contributed by atoms with E-state index in [0.717, 1.165) is 28.1 Å². The van der Waals surface area contributed by atoms with E-state index in [9.17, 15) is 0 Å². The highest BCUT2D eigenvalue weighted by Crippen LogP contribution is 2.58. The van der Waals surface area contributed by atoms with Crippen molar-refractivity contribution in [3.8, 4) is 45.0 Å². The summed E-state index contributed by atoms with van der Waals surface area (Å²) in [7, 11) is 0. The highest BCUT2D eigenvalue weighted by atomic mass is 14.9. The van der Waals surface area contributed by atoms with Crippen molar-refractivity contribution in [3.05, 3.63) is 216 Å². The molecule has 0 saturated carbocycles. The van der Waals surface area contributed by atoms with E-state index >= 15 is 0 Å². The first-order valence-corrected chi connectivity index (χ1v) is 17.5. The van der Waals surface area contributed by atoms with Gasteiger partial charge < -0.3 is 0 Å². The lowest BCUT2D eigenvalue weighted by Crippen LogP contribution is -2.28. The normalized spacial score (nSPS) is 12.9. The average molecular weight is 649 g/mol. The number of hydrogen-bond acceptors (Lipinski definition) is 2.